The summed E-state index contributed by atoms with van der Waals surface area (Å²) in [6, 6.07) is 17.3. The Bertz CT molecular complexity index is 1360. The van der Waals surface area contributed by atoms with E-state index in [9.17, 15) is 9.59 Å². The summed E-state index contributed by atoms with van der Waals surface area (Å²) in [5, 5.41) is 16.9. The van der Waals surface area contributed by atoms with E-state index in [-0.39, 0.29) is 41.1 Å². The summed E-state index contributed by atoms with van der Waals surface area (Å²) in [7, 11) is 0. The van der Waals surface area contributed by atoms with E-state index in [0.717, 1.165) is 49.7 Å². The highest BCUT2D eigenvalue weighted by atomic mass is 16.2. The van der Waals surface area contributed by atoms with Crippen LogP contribution in [0.1, 0.15) is 108 Å². The predicted molar refractivity (Wildman–Crippen MR) is 175 cm³/mol. The number of benzene rings is 2. The van der Waals surface area contributed by atoms with E-state index in [4.69, 9.17) is 15.9 Å². The van der Waals surface area contributed by atoms with Gasteiger partial charge in [0.25, 0.3) is 11.8 Å². The predicted octanol–water partition coefficient (Wildman–Crippen LogP) is 7.26. The number of carbonyl (C=O) groups excluding carboxylic acids is 2. The van der Waals surface area contributed by atoms with Gasteiger partial charge in [0.15, 0.2) is 11.7 Å². The molecule has 44 heavy (non-hydrogen) atoms. The van der Waals surface area contributed by atoms with Gasteiger partial charge in [0.05, 0.1) is 19.1 Å². The number of nitrogens with one attached hydrogen (secondary N) is 4. The van der Waals surface area contributed by atoms with Gasteiger partial charge < -0.3 is 15.5 Å². The third-order valence-electron chi connectivity index (χ3n) is 9.12. The van der Waals surface area contributed by atoms with Crippen molar-refractivity contribution in [2.45, 2.75) is 98.3 Å². The fraction of sp³-hybridized carbons (Fsp3) is 0.543. The maximum absolute atomic E-state index is 14.4. The third-order valence-corrected chi connectivity index (χ3v) is 9.12. The van der Waals surface area contributed by atoms with Gasteiger partial charge in [0, 0.05) is 5.56 Å². The highest BCUT2D eigenvalue weighted by Gasteiger charge is 2.53. The lowest BCUT2D eigenvalue weighted by Crippen LogP contribution is -2.56. The molecule has 4 rings (SSSR count). The molecule has 1 saturated carbocycles. The summed E-state index contributed by atoms with van der Waals surface area (Å²) in [6.45, 7) is 13.9. The zero-order chi connectivity index (χ0) is 32.1. The van der Waals surface area contributed by atoms with Crippen molar-refractivity contribution in [1.29, 1.82) is 10.9 Å². The summed E-state index contributed by atoms with van der Waals surface area (Å²) in [5.41, 5.74) is 9.18. The largest absolute Gasteiger partial charge is 0.345 e. The van der Waals surface area contributed by atoms with Gasteiger partial charge in [-0.15, -0.1) is 5.11 Å². The van der Waals surface area contributed by atoms with Gasteiger partial charge in [-0.25, -0.2) is 5.53 Å². The van der Waals surface area contributed by atoms with E-state index >= 15 is 0 Å². The molecular formula is C35H49N7O2. The highest BCUT2D eigenvalue weighted by molar-refractivity contribution is 6.40. The highest BCUT2D eigenvalue weighted by Crippen LogP contribution is 2.48. The Morgan fingerprint density at radius 2 is 1.68 bits per heavy atom. The van der Waals surface area contributed by atoms with Crippen molar-refractivity contribution in [3.63, 3.8) is 0 Å². The lowest BCUT2D eigenvalue weighted by Gasteiger charge is -2.48. The molecule has 0 bridgehead atoms. The van der Waals surface area contributed by atoms with E-state index < -0.39 is 5.66 Å². The molecule has 2 amide bonds. The molecule has 1 unspecified atom stereocenters. The van der Waals surface area contributed by atoms with Gasteiger partial charge in [-0.05, 0) is 78.5 Å². The number of aliphatic imine (C=N–C) groups is 1. The summed E-state index contributed by atoms with van der Waals surface area (Å²) in [4.78, 5) is 34.0. The fourth-order valence-electron chi connectivity index (χ4n) is 6.45. The van der Waals surface area contributed by atoms with Crippen LogP contribution in [0.4, 0.5) is 0 Å². The van der Waals surface area contributed by atoms with Crippen molar-refractivity contribution in [2.75, 3.05) is 6.54 Å². The molecule has 1 atom stereocenters. The van der Waals surface area contributed by atoms with E-state index in [0.29, 0.717) is 23.9 Å². The van der Waals surface area contributed by atoms with Crippen LogP contribution in [0.25, 0.3) is 0 Å². The van der Waals surface area contributed by atoms with Crippen LogP contribution in [0.15, 0.2) is 64.7 Å². The molecule has 9 nitrogen and oxygen atoms in total. The molecule has 1 spiro atoms. The summed E-state index contributed by atoms with van der Waals surface area (Å²) in [5.74, 6) is 0.402. The molecule has 0 radical (unpaired) electrons. The Morgan fingerprint density at radius 1 is 1.05 bits per heavy atom. The molecule has 2 aromatic carbocycles. The van der Waals surface area contributed by atoms with Gasteiger partial charge in [0.1, 0.15) is 5.66 Å². The Labute approximate surface area is 262 Å². The van der Waals surface area contributed by atoms with Crippen LogP contribution in [-0.2, 0) is 11.3 Å². The molecule has 2 aliphatic rings. The Morgan fingerprint density at radius 3 is 2.25 bits per heavy atom. The molecule has 236 valence electrons. The van der Waals surface area contributed by atoms with Crippen molar-refractivity contribution < 1.29 is 9.59 Å². The Kier molecular flexibility index (Phi) is 10.1. The molecule has 0 aromatic heterocycles. The second kappa shape index (κ2) is 13.4. The van der Waals surface area contributed by atoms with Crippen LogP contribution in [-0.4, -0.2) is 40.6 Å². The zero-order valence-corrected chi connectivity index (χ0v) is 27.2. The third kappa shape index (κ3) is 7.98. The lowest BCUT2D eigenvalue weighted by molar-refractivity contribution is -0.133. The van der Waals surface area contributed by atoms with Crippen LogP contribution in [0, 0.1) is 27.7 Å². The standard InChI is InChI=1S/C35H49N7O2/c1-33(2,3)19-18-28(25-12-14-26(15-13-25)31(43)39-23-29(36)41-37)42-32(44)30(38-22-24-10-8-7-9-11-24)40-35(42)20-16-27(17-21-35)34(4,5)6/h7-15,27-28,36-37H,16-23H2,1-6H3,(H,38,40)(H,39,43). The maximum Gasteiger partial charge on any atom is 0.291 e. The molecule has 9 heteroatoms. The first kappa shape index (κ1) is 33.0. The monoisotopic (exact) mass is 599 g/mol. The normalized spacial score (nSPS) is 22.1. The van der Waals surface area contributed by atoms with Gasteiger partial charge in [-0.2, -0.15) is 0 Å². The number of nitrogens with zero attached hydrogens (tertiary/aromatic N) is 3. The first-order valence-electron chi connectivity index (χ1n) is 15.8. The number of amides is 2. The molecule has 1 saturated heterocycles. The van der Waals surface area contributed by atoms with E-state index in [1.54, 1.807) is 12.1 Å². The minimum atomic E-state index is -0.521. The number of hydrogen-bond donors (Lipinski definition) is 4. The second-order valence-corrected chi connectivity index (χ2v) is 14.6. The minimum Gasteiger partial charge on any atom is -0.345 e. The fourth-order valence-corrected chi connectivity index (χ4v) is 6.45. The van der Waals surface area contributed by atoms with Crippen LogP contribution >= 0.6 is 0 Å². The number of hydrogen-bond acceptors (Lipinski definition) is 5. The van der Waals surface area contributed by atoms with Gasteiger partial charge in [-0.1, -0.05) is 84.0 Å². The van der Waals surface area contributed by atoms with Crippen LogP contribution in [0.5, 0.6) is 0 Å². The number of amidine groups is 2. The van der Waals surface area contributed by atoms with Crippen molar-refractivity contribution in [2.24, 2.45) is 26.9 Å². The number of rotatable bonds is 9. The lowest BCUT2D eigenvalue weighted by atomic mass is 9.69. The van der Waals surface area contributed by atoms with Gasteiger partial charge in [0.2, 0.25) is 0 Å². The molecule has 4 N–H and O–H groups in total. The SMILES string of the molecule is CC(C)(C)CCC(c1ccc(C(=O)NCC(=N)N=N)cc1)N1C(=O)C(=NCc2ccccc2)NC12CCC(C(C)(C)C)CC2. The molecule has 1 aliphatic carbocycles. The van der Waals surface area contributed by atoms with Crippen LogP contribution in [0.2, 0.25) is 0 Å². The van der Waals surface area contributed by atoms with E-state index in [1.807, 2.05) is 42.5 Å². The average molecular weight is 600 g/mol. The van der Waals surface area contributed by atoms with Crippen molar-refractivity contribution >= 4 is 23.5 Å². The van der Waals surface area contributed by atoms with Crippen LogP contribution < -0.4 is 10.6 Å². The van der Waals surface area contributed by atoms with Crippen molar-refractivity contribution in [3.8, 4) is 0 Å². The molecular weight excluding hydrogens is 550 g/mol. The topological polar surface area (TPSA) is 134 Å². The Hall–Kier alpha value is -3.88. The first-order valence-corrected chi connectivity index (χ1v) is 15.8. The number of carbonyl (C=O) groups is 2. The minimum absolute atomic E-state index is 0.0616. The van der Waals surface area contributed by atoms with Crippen molar-refractivity contribution in [3.05, 3.63) is 71.3 Å². The molecule has 2 aromatic rings. The van der Waals surface area contributed by atoms with E-state index in [1.165, 1.54) is 0 Å². The van der Waals surface area contributed by atoms with E-state index in [2.05, 4.69) is 62.2 Å². The summed E-state index contributed by atoms with van der Waals surface area (Å²) >= 11 is 0. The second-order valence-electron chi connectivity index (χ2n) is 14.6. The Balaban J connectivity index is 1.69. The maximum atomic E-state index is 14.4. The summed E-state index contributed by atoms with van der Waals surface area (Å²) in [6.07, 6.45) is 5.45. The smallest absolute Gasteiger partial charge is 0.291 e. The molecule has 2 fully saturated rings. The molecule has 1 heterocycles. The quantitative estimate of drug-likeness (QED) is 0.137. The summed E-state index contributed by atoms with van der Waals surface area (Å²) < 4.78 is 0. The average Bonchev–Trinajstić information content (AvgIpc) is 3.24. The van der Waals surface area contributed by atoms with Crippen LogP contribution in [0.3, 0.4) is 0 Å². The molecule has 1 aliphatic heterocycles. The van der Waals surface area contributed by atoms with Gasteiger partial charge in [-0.3, -0.25) is 20.0 Å². The zero-order valence-electron chi connectivity index (χ0n) is 27.2. The van der Waals surface area contributed by atoms with Crippen molar-refractivity contribution in [1.82, 2.24) is 15.5 Å². The first-order chi connectivity index (χ1) is 20.7. The van der Waals surface area contributed by atoms with Gasteiger partial charge >= 0.3 is 0 Å².